The van der Waals surface area contributed by atoms with Gasteiger partial charge in [-0.15, -0.1) is 0 Å². The maximum Gasteiger partial charge on any atom is 0.0868 e. The van der Waals surface area contributed by atoms with Gasteiger partial charge in [-0.2, -0.15) is 11.3 Å². The molecule has 0 aromatic rings. The SMILES string of the molecule is CC.CC#N.[CH-]=CC(=O)N1CCN(C)CC1.[Re]. The number of carbonyl (C=O) groups excluding carboxylic acids is 1. The molecular formula is C12H22N3ORe-. The molecule has 0 saturated carbocycles. The number of amides is 1. The first-order valence-electron chi connectivity index (χ1n) is 5.49. The zero-order valence-corrected chi connectivity index (χ0v) is 13.8. The zero-order chi connectivity index (χ0) is 13.0. The Morgan fingerprint density at radius 2 is 1.65 bits per heavy atom. The zero-order valence-electron chi connectivity index (χ0n) is 11.1. The van der Waals surface area contributed by atoms with E-state index in [1.54, 1.807) is 11.0 Å². The van der Waals surface area contributed by atoms with Crippen molar-refractivity contribution < 1.29 is 25.2 Å². The number of hydrogen-bond acceptors (Lipinski definition) is 3. The first-order valence-corrected chi connectivity index (χ1v) is 5.49. The number of carbonyl (C=O) groups is 1. The third kappa shape index (κ3) is 11.6. The quantitative estimate of drug-likeness (QED) is 0.484. The van der Waals surface area contributed by atoms with Crippen LogP contribution >= 0.6 is 0 Å². The van der Waals surface area contributed by atoms with Crippen molar-refractivity contribution >= 4 is 5.91 Å². The molecule has 99 valence electrons. The summed E-state index contributed by atoms with van der Waals surface area (Å²) in [5, 5.41) is 7.32. The Morgan fingerprint density at radius 3 is 1.94 bits per heavy atom. The first kappa shape index (κ1) is 21.6. The van der Waals surface area contributed by atoms with E-state index in [4.69, 9.17) is 11.8 Å². The number of nitriles is 1. The Hall–Kier alpha value is -0.678. The van der Waals surface area contributed by atoms with Crippen molar-refractivity contribution in [2.45, 2.75) is 20.8 Å². The smallest absolute Gasteiger partial charge is 0.0868 e. The molecule has 0 unspecified atom stereocenters. The largest absolute Gasteiger partial charge is 0.415 e. The fourth-order valence-corrected chi connectivity index (χ4v) is 1.13. The van der Waals surface area contributed by atoms with Crippen LogP contribution in [0, 0.1) is 17.9 Å². The van der Waals surface area contributed by atoms with Gasteiger partial charge in [0.05, 0.1) is 12.0 Å². The standard InChI is InChI=1S/C8H13N2O.C2H3N.C2H6.Re/c1-3-8(11)10-6-4-9(2)5-7-10;1-2-3;1-2;/h1,3H,4-7H2,2H3;1H3;1-2H3;/q-1;;;. The van der Waals surface area contributed by atoms with Crippen LogP contribution in [0.1, 0.15) is 20.8 Å². The fraction of sp³-hybridized carbons (Fsp3) is 0.667. The van der Waals surface area contributed by atoms with Gasteiger partial charge in [-0.05, 0) is 7.05 Å². The minimum atomic E-state index is -0.0573. The Bertz CT molecular complexity index is 230. The monoisotopic (exact) mass is 411 g/mol. The molecule has 0 aliphatic carbocycles. The topological polar surface area (TPSA) is 47.3 Å². The van der Waals surface area contributed by atoms with E-state index in [1.165, 1.54) is 6.92 Å². The van der Waals surface area contributed by atoms with Gasteiger partial charge in [0.15, 0.2) is 0 Å². The Morgan fingerprint density at radius 1 is 1.29 bits per heavy atom. The molecule has 1 amide bonds. The second-order valence-corrected chi connectivity index (χ2v) is 3.02. The first-order chi connectivity index (χ1) is 7.65. The van der Waals surface area contributed by atoms with Crippen LogP contribution < -0.4 is 0 Å². The molecule has 1 saturated heterocycles. The van der Waals surface area contributed by atoms with Gasteiger partial charge in [0.2, 0.25) is 0 Å². The number of piperazine rings is 1. The summed E-state index contributed by atoms with van der Waals surface area (Å²) in [5.74, 6) is -0.0573. The summed E-state index contributed by atoms with van der Waals surface area (Å²) in [6.07, 6.45) is 1.13. The second kappa shape index (κ2) is 15.3. The molecule has 1 fully saturated rings. The van der Waals surface area contributed by atoms with Crippen LogP contribution in [-0.4, -0.2) is 48.9 Å². The number of rotatable bonds is 1. The van der Waals surface area contributed by atoms with Crippen LogP contribution in [0.25, 0.3) is 0 Å². The minimum Gasteiger partial charge on any atom is -0.415 e. The van der Waals surface area contributed by atoms with E-state index in [1.807, 2.05) is 20.9 Å². The van der Waals surface area contributed by atoms with Crippen LogP contribution in [-0.2, 0) is 25.2 Å². The minimum absolute atomic E-state index is 0. The summed E-state index contributed by atoms with van der Waals surface area (Å²) in [6, 6.07) is 1.75. The maximum absolute atomic E-state index is 11.0. The average molecular weight is 411 g/mol. The van der Waals surface area contributed by atoms with E-state index in [-0.39, 0.29) is 26.3 Å². The van der Waals surface area contributed by atoms with Gasteiger partial charge in [0.1, 0.15) is 0 Å². The Kier molecular flexibility index (Phi) is 19.5. The van der Waals surface area contributed by atoms with E-state index in [0.29, 0.717) is 0 Å². The van der Waals surface area contributed by atoms with Gasteiger partial charge in [-0.3, -0.25) is 6.58 Å². The van der Waals surface area contributed by atoms with E-state index in [2.05, 4.69) is 4.90 Å². The molecule has 0 bridgehead atoms. The number of nitrogens with zero attached hydrogens (tertiary/aromatic N) is 3. The third-order valence-electron chi connectivity index (χ3n) is 1.96. The van der Waals surface area contributed by atoms with Gasteiger partial charge in [-0.1, -0.05) is 13.8 Å². The van der Waals surface area contributed by atoms with E-state index in [9.17, 15) is 4.79 Å². The normalized spacial score (nSPS) is 13.7. The van der Waals surface area contributed by atoms with Gasteiger partial charge in [0.25, 0.3) is 0 Å². The molecule has 0 aromatic heterocycles. The Balaban J connectivity index is -0.000000286. The van der Waals surface area contributed by atoms with Crippen molar-refractivity contribution in [2.24, 2.45) is 0 Å². The molecule has 17 heavy (non-hydrogen) atoms. The molecule has 1 aliphatic heterocycles. The molecule has 0 N–H and O–H groups in total. The average Bonchev–Trinajstić information content (AvgIpc) is 2.33. The molecule has 0 spiro atoms. The summed E-state index contributed by atoms with van der Waals surface area (Å²) in [4.78, 5) is 15.0. The van der Waals surface area contributed by atoms with E-state index < -0.39 is 0 Å². The van der Waals surface area contributed by atoms with Crippen molar-refractivity contribution in [3.05, 3.63) is 12.7 Å². The van der Waals surface area contributed by atoms with Crippen LogP contribution in [0.4, 0.5) is 0 Å². The molecule has 4 nitrogen and oxygen atoms in total. The predicted octanol–water partition coefficient (Wildman–Crippen LogP) is 1.30. The van der Waals surface area contributed by atoms with Crippen molar-refractivity contribution in [2.75, 3.05) is 33.2 Å². The molecule has 0 aromatic carbocycles. The molecule has 1 heterocycles. The summed E-state index contributed by atoms with van der Waals surface area (Å²) >= 11 is 0. The van der Waals surface area contributed by atoms with Crippen LogP contribution in [0.15, 0.2) is 6.08 Å². The van der Waals surface area contributed by atoms with Crippen molar-refractivity contribution in [3.63, 3.8) is 0 Å². The van der Waals surface area contributed by atoms with Crippen molar-refractivity contribution in [1.29, 1.82) is 5.26 Å². The maximum atomic E-state index is 11.0. The van der Waals surface area contributed by atoms with Crippen LogP contribution in [0.5, 0.6) is 0 Å². The summed E-state index contributed by atoms with van der Waals surface area (Å²) < 4.78 is 0. The van der Waals surface area contributed by atoms with Gasteiger partial charge < -0.3 is 14.6 Å². The van der Waals surface area contributed by atoms with E-state index >= 15 is 0 Å². The fourth-order valence-electron chi connectivity index (χ4n) is 1.13. The van der Waals surface area contributed by atoms with E-state index in [0.717, 1.165) is 32.3 Å². The van der Waals surface area contributed by atoms with Crippen molar-refractivity contribution in [1.82, 2.24) is 9.80 Å². The third-order valence-corrected chi connectivity index (χ3v) is 1.96. The summed E-state index contributed by atoms with van der Waals surface area (Å²) in [6.45, 7) is 14.0. The molecule has 1 aliphatic rings. The van der Waals surface area contributed by atoms with Gasteiger partial charge in [0, 0.05) is 53.5 Å². The Labute approximate surface area is 119 Å². The molecular weight excluding hydrogens is 388 g/mol. The molecule has 5 heteroatoms. The predicted molar refractivity (Wildman–Crippen MR) is 65.6 cm³/mol. The second-order valence-electron chi connectivity index (χ2n) is 3.02. The molecule has 1 rings (SSSR count). The number of hydrogen-bond donors (Lipinski definition) is 0. The van der Waals surface area contributed by atoms with Gasteiger partial charge >= 0.3 is 0 Å². The summed E-state index contributed by atoms with van der Waals surface area (Å²) in [5.41, 5.74) is 0. The summed E-state index contributed by atoms with van der Waals surface area (Å²) in [7, 11) is 2.05. The van der Waals surface area contributed by atoms with Crippen molar-refractivity contribution in [3.8, 4) is 6.07 Å². The molecule has 0 atom stereocenters. The van der Waals surface area contributed by atoms with Gasteiger partial charge in [-0.25, -0.2) is 0 Å². The van der Waals surface area contributed by atoms with Crippen LogP contribution in [0.2, 0.25) is 0 Å². The number of likely N-dealkylation sites (N-methyl/N-ethyl adjacent to an activating group) is 1. The van der Waals surface area contributed by atoms with Crippen LogP contribution in [0.3, 0.4) is 0 Å². The molecule has 1 radical (unpaired) electrons.